The number of carbonyl (C=O) groups is 1. The van der Waals surface area contributed by atoms with Crippen LogP contribution in [0.2, 0.25) is 0 Å². The monoisotopic (exact) mass is 228 g/mol. The van der Waals surface area contributed by atoms with Gasteiger partial charge in [-0.15, -0.1) is 11.6 Å². The number of rotatable bonds is 2. The first-order chi connectivity index (χ1) is 7.20. The van der Waals surface area contributed by atoms with Crippen molar-refractivity contribution < 1.29 is 13.9 Å². The second kappa shape index (κ2) is 4.19. The zero-order valence-electron chi connectivity index (χ0n) is 8.00. The summed E-state index contributed by atoms with van der Waals surface area (Å²) in [6, 6.07) is 4.39. The number of halogens is 2. The number of aryl methyl sites for hydroxylation is 1. The Morgan fingerprint density at radius 3 is 3.13 bits per heavy atom. The van der Waals surface area contributed by atoms with Crippen LogP contribution in [0.3, 0.4) is 0 Å². The van der Waals surface area contributed by atoms with Gasteiger partial charge in [0.25, 0.3) is 0 Å². The number of ketones is 1. The molecule has 0 fully saturated rings. The first kappa shape index (κ1) is 10.4. The van der Waals surface area contributed by atoms with Crippen LogP contribution in [-0.2, 0) is 11.2 Å². The Kier molecular flexibility index (Phi) is 2.91. The zero-order chi connectivity index (χ0) is 10.8. The van der Waals surface area contributed by atoms with E-state index in [2.05, 4.69) is 0 Å². The lowest BCUT2D eigenvalue weighted by Gasteiger charge is -2.24. The lowest BCUT2D eigenvalue weighted by Crippen LogP contribution is -2.32. The van der Waals surface area contributed by atoms with Crippen LogP contribution in [0.1, 0.15) is 12.0 Å². The molecular formula is C11H10ClFO2. The molecule has 0 amide bonds. The van der Waals surface area contributed by atoms with Gasteiger partial charge in [-0.25, -0.2) is 4.39 Å². The predicted octanol–water partition coefficient (Wildman–Crippen LogP) is 2.33. The van der Waals surface area contributed by atoms with E-state index in [0.717, 1.165) is 12.0 Å². The molecule has 1 unspecified atom stereocenters. The van der Waals surface area contributed by atoms with E-state index >= 15 is 0 Å². The second-order valence-electron chi connectivity index (χ2n) is 3.50. The third kappa shape index (κ3) is 2.12. The number of hydrogen-bond donors (Lipinski definition) is 0. The van der Waals surface area contributed by atoms with Gasteiger partial charge in [-0.2, -0.15) is 0 Å². The quantitative estimate of drug-likeness (QED) is 0.727. The summed E-state index contributed by atoms with van der Waals surface area (Å²) in [6.45, 7) is 0. The maximum Gasteiger partial charge on any atom is 0.187 e. The maximum absolute atomic E-state index is 12.9. The molecule has 1 aliphatic heterocycles. The molecule has 0 aliphatic carbocycles. The average molecular weight is 229 g/mol. The van der Waals surface area contributed by atoms with Crippen LogP contribution >= 0.6 is 11.6 Å². The minimum Gasteiger partial charge on any atom is -0.482 e. The van der Waals surface area contributed by atoms with Gasteiger partial charge in [0.2, 0.25) is 0 Å². The van der Waals surface area contributed by atoms with E-state index in [0.29, 0.717) is 12.2 Å². The Labute approximate surface area is 92.0 Å². The molecule has 80 valence electrons. The van der Waals surface area contributed by atoms with E-state index in [1.54, 1.807) is 6.07 Å². The molecule has 0 saturated heterocycles. The fraction of sp³-hybridized carbons (Fsp3) is 0.364. The third-order valence-electron chi connectivity index (χ3n) is 2.47. The Hall–Kier alpha value is -1.09. The lowest BCUT2D eigenvalue weighted by molar-refractivity contribution is -0.123. The molecule has 0 spiro atoms. The van der Waals surface area contributed by atoms with Crippen LogP contribution in [0.25, 0.3) is 0 Å². The molecule has 15 heavy (non-hydrogen) atoms. The molecule has 2 nitrogen and oxygen atoms in total. The topological polar surface area (TPSA) is 26.3 Å². The second-order valence-corrected chi connectivity index (χ2v) is 3.76. The molecule has 1 aromatic carbocycles. The van der Waals surface area contributed by atoms with Crippen molar-refractivity contribution in [1.82, 2.24) is 0 Å². The van der Waals surface area contributed by atoms with Gasteiger partial charge in [0.15, 0.2) is 11.9 Å². The number of hydrogen-bond acceptors (Lipinski definition) is 2. The van der Waals surface area contributed by atoms with E-state index in [1.807, 2.05) is 0 Å². The molecule has 1 atom stereocenters. The number of fused-ring (bicyclic) bond motifs is 1. The van der Waals surface area contributed by atoms with Gasteiger partial charge >= 0.3 is 0 Å². The third-order valence-corrected chi connectivity index (χ3v) is 2.73. The molecule has 1 aromatic rings. The largest absolute Gasteiger partial charge is 0.482 e. The van der Waals surface area contributed by atoms with Crippen molar-refractivity contribution in [3.05, 3.63) is 29.6 Å². The van der Waals surface area contributed by atoms with Gasteiger partial charge in [-0.05, 0) is 24.5 Å². The van der Waals surface area contributed by atoms with Gasteiger partial charge in [0, 0.05) is 6.07 Å². The summed E-state index contributed by atoms with van der Waals surface area (Å²) in [6.07, 6.45) is 0.824. The fourth-order valence-electron chi connectivity index (χ4n) is 1.66. The minimum atomic E-state index is -0.517. The average Bonchev–Trinajstić information content (AvgIpc) is 2.27. The van der Waals surface area contributed by atoms with Crippen molar-refractivity contribution in [2.24, 2.45) is 0 Å². The Bertz CT molecular complexity index is 392. The number of benzene rings is 1. The fourth-order valence-corrected chi connectivity index (χ4v) is 1.83. The highest BCUT2D eigenvalue weighted by Crippen LogP contribution is 2.28. The van der Waals surface area contributed by atoms with Gasteiger partial charge in [0.05, 0.1) is 5.88 Å². The van der Waals surface area contributed by atoms with Crippen molar-refractivity contribution in [3.63, 3.8) is 0 Å². The van der Waals surface area contributed by atoms with Crippen molar-refractivity contribution in [2.75, 3.05) is 5.88 Å². The highest BCUT2D eigenvalue weighted by Gasteiger charge is 2.25. The number of ether oxygens (including phenoxy) is 1. The van der Waals surface area contributed by atoms with Crippen molar-refractivity contribution in [3.8, 4) is 5.75 Å². The molecule has 0 bridgehead atoms. The zero-order valence-corrected chi connectivity index (χ0v) is 8.76. The molecule has 2 rings (SSSR count). The molecule has 0 radical (unpaired) electrons. The SMILES string of the molecule is O=C(CCl)C1CCc2ccc(F)cc2O1. The molecule has 1 aliphatic rings. The summed E-state index contributed by atoms with van der Waals surface area (Å²) in [4.78, 5) is 11.3. The Balaban J connectivity index is 2.22. The summed E-state index contributed by atoms with van der Waals surface area (Å²) in [5.74, 6) is -0.0981. The van der Waals surface area contributed by atoms with Gasteiger partial charge in [-0.3, -0.25) is 4.79 Å². The van der Waals surface area contributed by atoms with E-state index in [4.69, 9.17) is 16.3 Å². The van der Waals surface area contributed by atoms with Gasteiger partial charge < -0.3 is 4.74 Å². The number of Topliss-reactive ketones (excluding diaryl/α,β-unsaturated/α-hetero) is 1. The van der Waals surface area contributed by atoms with Crippen molar-refractivity contribution in [1.29, 1.82) is 0 Å². The van der Waals surface area contributed by atoms with E-state index in [1.165, 1.54) is 12.1 Å². The molecule has 1 heterocycles. The Morgan fingerprint density at radius 1 is 1.60 bits per heavy atom. The summed E-state index contributed by atoms with van der Waals surface area (Å²) < 4.78 is 18.3. The molecular weight excluding hydrogens is 219 g/mol. The van der Waals surface area contributed by atoms with E-state index in [-0.39, 0.29) is 17.5 Å². The molecule has 0 saturated carbocycles. The Morgan fingerprint density at radius 2 is 2.40 bits per heavy atom. The number of alkyl halides is 1. The van der Waals surface area contributed by atoms with E-state index in [9.17, 15) is 9.18 Å². The van der Waals surface area contributed by atoms with E-state index < -0.39 is 6.10 Å². The van der Waals surface area contributed by atoms with Gasteiger partial charge in [0.1, 0.15) is 11.6 Å². The summed E-state index contributed by atoms with van der Waals surface area (Å²) in [7, 11) is 0. The highest BCUT2D eigenvalue weighted by atomic mass is 35.5. The highest BCUT2D eigenvalue weighted by molar-refractivity contribution is 6.28. The van der Waals surface area contributed by atoms with Crippen LogP contribution in [-0.4, -0.2) is 17.8 Å². The van der Waals surface area contributed by atoms with Crippen LogP contribution in [0.15, 0.2) is 18.2 Å². The predicted molar refractivity (Wildman–Crippen MR) is 54.9 cm³/mol. The summed E-state index contributed by atoms with van der Waals surface area (Å²) in [5, 5.41) is 0. The van der Waals surface area contributed by atoms with Crippen LogP contribution in [0, 0.1) is 5.82 Å². The van der Waals surface area contributed by atoms with Crippen LogP contribution < -0.4 is 4.74 Å². The van der Waals surface area contributed by atoms with Crippen molar-refractivity contribution >= 4 is 17.4 Å². The van der Waals surface area contributed by atoms with Crippen molar-refractivity contribution in [2.45, 2.75) is 18.9 Å². The minimum absolute atomic E-state index is 0.0602. The van der Waals surface area contributed by atoms with Crippen LogP contribution in [0.5, 0.6) is 5.75 Å². The maximum atomic E-state index is 12.9. The molecule has 4 heteroatoms. The first-order valence-corrected chi connectivity index (χ1v) is 5.28. The first-order valence-electron chi connectivity index (χ1n) is 4.74. The summed E-state index contributed by atoms with van der Waals surface area (Å²) in [5.41, 5.74) is 0.940. The van der Waals surface area contributed by atoms with Gasteiger partial charge in [-0.1, -0.05) is 6.07 Å². The molecule has 0 N–H and O–H groups in total. The smallest absolute Gasteiger partial charge is 0.187 e. The summed E-state index contributed by atoms with van der Waals surface area (Å²) >= 11 is 5.44. The number of carbonyl (C=O) groups excluding carboxylic acids is 1. The normalized spacial score (nSPS) is 19.2. The molecule has 0 aromatic heterocycles. The van der Waals surface area contributed by atoms with Crippen LogP contribution in [0.4, 0.5) is 4.39 Å². The lowest BCUT2D eigenvalue weighted by atomic mass is 10.0. The standard InChI is InChI=1S/C11H10ClFO2/c12-6-9(14)10-4-2-7-1-3-8(13)5-11(7)15-10/h1,3,5,10H,2,4,6H2.